The lowest BCUT2D eigenvalue weighted by atomic mass is 10.0. The second kappa shape index (κ2) is 7.99. The van der Waals surface area contributed by atoms with E-state index < -0.39 is 0 Å². The number of anilines is 1. The lowest BCUT2D eigenvalue weighted by Crippen LogP contribution is -2.35. The minimum absolute atomic E-state index is 0.143. The van der Waals surface area contributed by atoms with Gasteiger partial charge in [-0.3, -0.25) is 0 Å². The number of nitrogens with one attached hydrogen (secondary N) is 1. The monoisotopic (exact) mass is 297 g/mol. The second-order valence-electron chi connectivity index (χ2n) is 6.45. The Morgan fingerprint density at radius 3 is 2.40 bits per heavy atom. The smallest absolute Gasteiger partial charge is 0.185 e. The summed E-state index contributed by atoms with van der Waals surface area (Å²) in [7, 11) is 0. The van der Waals surface area contributed by atoms with Gasteiger partial charge >= 0.3 is 0 Å². The van der Waals surface area contributed by atoms with Crippen LogP contribution in [-0.4, -0.2) is 23.6 Å². The van der Waals surface area contributed by atoms with Gasteiger partial charge in [0.25, 0.3) is 0 Å². The SMILES string of the molecule is CCC(CC)CN(CC)c1nc(CNC(C)(C)C)cs1. The van der Waals surface area contributed by atoms with Crippen molar-refractivity contribution in [3.8, 4) is 0 Å². The van der Waals surface area contributed by atoms with Gasteiger partial charge in [0.1, 0.15) is 0 Å². The van der Waals surface area contributed by atoms with Crippen molar-refractivity contribution in [1.82, 2.24) is 10.3 Å². The van der Waals surface area contributed by atoms with Crippen LogP contribution in [0.25, 0.3) is 0 Å². The summed E-state index contributed by atoms with van der Waals surface area (Å²) >= 11 is 1.77. The Bertz CT molecular complexity index is 377. The van der Waals surface area contributed by atoms with E-state index in [1.165, 1.54) is 18.0 Å². The molecule has 0 aromatic carbocycles. The predicted octanol–water partition coefficient (Wildman–Crippen LogP) is 4.29. The summed E-state index contributed by atoms with van der Waals surface area (Å²) in [4.78, 5) is 7.21. The molecule has 0 amide bonds. The van der Waals surface area contributed by atoms with Gasteiger partial charge in [-0.15, -0.1) is 11.3 Å². The van der Waals surface area contributed by atoms with Crippen molar-refractivity contribution in [2.24, 2.45) is 5.92 Å². The Labute approximate surface area is 128 Å². The molecule has 4 heteroatoms. The van der Waals surface area contributed by atoms with E-state index in [4.69, 9.17) is 4.98 Å². The number of rotatable bonds is 8. The average Bonchev–Trinajstić information content (AvgIpc) is 2.86. The summed E-state index contributed by atoms with van der Waals surface area (Å²) < 4.78 is 0. The normalized spacial score (nSPS) is 12.2. The highest BCUT2D eigenvalue weighted by Gasteiger charge is 2.15. The molecular weight excluding hydrogens is 266 g/mol. The molecule has 0 atom stereocenters. The number of hydrogen-bond donors (Lipinski definition) is 1. The van der Waals surface area contributed by atoms with E-state index in [2.05, 4.69) is 57.1 Å². The zero-order chi connectivity index (χ0) is 15.2. The molecule has 116 valence electrons. The molecule has 1 heterocycles. The highest BCUT2D eigenvalue weighted by Crippen LogP contribution is 2.23. The first kappa shape index (κ1) is 17.4. The van der Waals surface area contributed by atoms with Gasteiger partial charge in [0, 0.05) is 30.6 Å². The van der Waals surface area contributed by atoms with Crippen LogP contribution >= 0.6 is 11.3 Å². The van der Waals surface area contributed by atoms with Crippen molar-refractivity contribution in [1.29, 1.82) is 0 Å². The molecule has 0 saturated carbocycles. The maximum atomic E-state index is 4.79. The van der Waals surface area contributed by atoms with Crippen molar-refractivity contribution in [3.63, 3.8) is 0 Å². The Balaban J connectivity index is 2.63. The average molecular weight is 298 g/mol. The molecule has 3 nitrogen and oxygen atoms in total. The molecule has 0 fully saturated rings. The van der Waals surface area contributed by atoms with E-state index in [1.54, 1.807) is 11.3 Å². The zero-order valence-electron chi connectivity index (χ0n) is 14.0. The van der Waals surface area contributed by atoms with Gasteiger partial charge in [-0.2, -0.15) is 0 Å². The van der Waals surface area contributed by atoms with Gasteiger partial charge in [-0.05, 0) is 33.6 Å². The van der Waals surface area contributed by atoms with Crippen LogP contribution in [0.2, 0.25) is 0 Å². The van der Waals surface area contributed by atoms with Gasteiger partial charge in [-0.25, -0.2) is 4.98 Å². The van der Waals surface area contributed by atoms with E-state index in [0.29, 0.717) is 0 Å². The molecule has 1 N–H and O–H groups in total. The lowest BCUT2D eigenvalue weighted by Gasteiger charge is -2.24. The van der Waals surface area contributed by atoms with Crippen LogP contribution in [0.15, 0.2) is 5.38 Å². The van der Waals surface area contributed by atoms with Crippen LogP contribution < -0.4 is 10.2 Å². The maximum Gasteiger partial charge on any atom is 0.185 e. The molecule has 0 aliphatic rings. The zero-order valence-corrected chi connectivity index (χ0v) is 14.8. The third kappa shape index (κ3) is 5.80. The molecule has 1 rings (SSSR count). The minimum Gasteiger partial charge on any atom is -0.348 e. The summed E-state index contributed by atoms with van der Waals surface area (Å²) in [6.07, 6.45) is 2.49. The Morgan fingerprint density at radius 2 is 1.90 bits per heavy atom. The maximum absolute atomic E-state index is 4.79. The molecule has 20 heavy (non-hydrogen) atoms. The van der Waals surface area contributed by atoms with Crippen molar-refractivity contribution >= 4 is 16.5 Å². The number of thiazole rings is 1. The quantitative estimate of drug-likeness (QED) is 0.775. The van der Waals surface area contributed by atoms with Gasteiger partial charge in [-0.1, -0.05) is 26.7 Å². The van der Waals surface area contributed by atoms with E-state index in [0.717, 1.165) is 31.2 Å². The van der Waals surface area contributed by atoms with Crippen LogP contribution in [0.3, 0.4) is 0 Å². The summed E-state index contributed by atoms with van der Waals surface area (Å²) in [5.74, 6) is 0.773. The van der Waals surface area contributed by atoms with Crippen molar-refractivity contribution in [2.75, 3.05) is 18.0 Å². The van der Waals surface area contributed by atoms with Crippen LogP contribution in [0, 0.1) is 5.92 Å². The lowest BCUT2D eigenvalue weighted by molar-refractivity contribution is 0.421. The van der Waals surface area contributed by atoms with E-state index in [-0.39, 0.29) is 5.54 Å². The predicted molar refractivity (Wildman–Crippen MR) is 90.7 cm³/mol. The first-order valence-electron chi connectivity index (χ1n) is 7.83. The van der Waals surface area contributed by atoms with Gasteiger partial charge < -0.3 is 10.2 Å². The Hall–Kier alpha value is -0.610. The van der Waals surface area contributed by atoms with Crippen LogP contribution in [0.4, 0.5) is 5.13 Å². The van der Waals surface area contributed by atoms with E-state index in [1.807, 2.05) is 0 Å². The van der Waals surface area contributed by atoms with E-state index in [9.17, 15) is 0 Å². The van der Waals surface area contributed by atoms with Crippen LogP contribution in [-0.2, 0) is 6.54 Å². The molecule has 0 bridgehead atoms. The van der Waals surface area contributed by atoms with Gasteiger partial charge in [0.2, 0.25) is 0 Å². The highest BCUT2D eigenvalue weighted by molar-refractivity contribution is 7.13. The van der Waals surface area contributed by atoms with Gasteiger partial charge in [0.05, 0.1) is 5.69 Å². The minimum atomic E-state index is 0.143. The first-order chi connectivity index (χ1) is 9.39. The summed E-state index contributed by atoms with van der Waals surface area (Å²) in [5, 5.41) is 6.85. The summed E-state index contributed by atoms with van der Waals surface area (Å²) in [6.45, 7) is 16.4. The molecule has 0 spiro atoms. The number of hydrogen-bond acceptors (Lipinski definition) is 4. The standard InChI is InChI=1S/C16H31N3S/c1-7-13(8-2)11-19(9-3)15-18-14(12-20-15)10-17-16(4,5)6/h12-13,17H,7-11H2,1-6H3. The van der Waals surface area contributed by atoms with Crippen LogP contribution in [0.5, 0.6) is 0 Å². The number of nitrogens with zero attached hydrogens (tertiary/aromatic N) is 2. The topological polar surface area (TPSA) is 28.2 Å². The summed E-state index contributed by atoms with van der Waals surface area (Å²) in [6, 6.07) is 0. The molecule has 0 aliphatic carbocycles. The largest absolute Gasteiger partial charge is 0.348 e. The molecule has 0 saturated heterocycles. The Kier molecular flexibility index (Phi) is 6.96. The fraction of sp³-hybridized carbons (Fsp3) is 0.812. The van der Waals surface area contributed by atoms with Crippen molar-refractivity contribution < 1.29 is 0 Å². The van der Waals surface area contributed by atoms with Crippen molar-refractivity contribution in [2.45, 2.75) is 66.5 Å². The third-order valence-electron chi connectivity index (χ3n) is 3.62. The first-order valence-corrected chi connectivity index (χ1v) is 8.71. The second-order valence-corrected chi connectivity index (χ2v) is 7.28. The molecule has 0 aliphatic heterocycles. The van der Waals surface area contributed by atoms with Gasteiger partial charge in [0.15, 0.2) is 5.13 Å². The van der Waals surface area contributed by atoms with E-state index >= 15 is 0 Å². The van der Waals surface area contributed by atoms with Crippen LogP contribution in [0.1, 0.15) is 60.1 Å². The Morgan fingerprint density at radius 1 is 1.25 bits per heavy atom. The fourth-order valence-electron chi connectivity index (χ4n) is 2.08. The fourth-order valence-corrected chi connectivity index (χ4v) is 2.98. The third-order valence-corrected chi connectivity index (χ3v) is 4.58. The molecule has 0 unspecified atom stereocenters. The molecule has 1 aromatic heterocycles. The van der Waals surface area contributed by atoms with Crippen molar-refractivity contribution in [3.05, 3.63) is 11.1 Å². The summed E-state index contributed by atoms with van der Waals surface area (Å²) in [5.41, 5.74) is 1.30. The molecule has 0 radical (unpaired) electrons. The molecular formula is C16H31N3S. The highest BCUT2D eigenvalue weighted by atomic mass is 32.1. The number of aromatic nitrogens is 1. The molecule has 1 aromatic rings.